The predicted molar refractivity (Wildman–Crippen MR) is 66.5 cm³/mol. The van der Waals surface area contributed by atoms with Crippen LogP contribution in [0.5, 0.6) is 0 Å². The van der Waals surface area contributed by atoms with Gasteiger partial charge in [0.25, 0.3) is 0 Å². The third-order valence-electron chi connectivity index (χ3n) is 4.41. The van der Waals surface area contributed by atoms with Crippen LogP contribution < -0.4 is 0 Å². The standard InChI is InChI=1S/C14H13FOS/c15-9-5-4-8-6-13(17-12(8)7-9)14(16)10-2-1-3-11(10)14/h4-7,10-11,16H,1-3H2. The summed E-state index contributed by atoms with van der Waals surface area (Å²) in [7, 11) is 0. The van der Waals surface area contributed by atoms with Gasteiger partial charge in [-0.2, -0.15) is 0 Å². The van der Waals surface area contributed by atoms with E-state index in [0.29, 0.717) is 11.8 Å². The Labute approximate surface area is 103 Å². The Morgan fingerprint density at radius 1 is 1.24 bits per heavy atom. The van der Waals surface area contributed by atoms with Gasteiger partial charge in [0.05, 0.1) is 0 Å². The van der Waals surface area contributed by atoms with Crippen LogP contribution in [0, 0.1) is 17.7 Å². The van der Waals surface area contributed by atoms with Gasteiger partial charge in [0.2, 0.25) is 0 Å². The van der Waals surface area contributed by atoms with E-state index < -0.39 is 5.60 Å². The Morgan fingerprint density at radius 2 is 2.00 bits per heavy atom. The van der Waals surface area contributed by atoms with Crippen molar-refractivity contribution in [2.45, 2.75) is 24.9 Å². The van der Waals surface area contributed by atoms with Gasteiger partial charge in [-0.05, 0) is 48.3 Å². The van der Waals surface area contributed by atoms with E-state index in [1.54, 1.807) is 23.5 Å². The maximum absolute atomic E-state index is 13.1. The Kier molecular flexibility index (Phi) is 1.82. The Bertz CT molecular complexity index is 593. The molecule has 1 nitrogen and oxygen atoms in total. The lowest BCUT2D eigenvalue weighted by atomic mass is 10.1. The van der Waals surface area contributed by atoms with E-state index in [9.17, 15) is 9.50 Å². The topological polar surface area (TPSA) is 20.2 Å². The molecule has 2 aromatic rings. The first kappa shape index (κ1) is 10.0. The molecule has 1 N–H and O–H groups in total. The predicted octanol–water partition coefficient (Wildman–Crippen LogP) is 3.66. The van der Waals surface area contributed by atoms with Gasteiger partial charge in [0.1, 0.15) is 11.4 Å². The lowest BCUT2D eigenvalue weighted by molar-refractivity contribution is 0.109. The second kappa shape index (κ2) is 3.09. The molecule has 2 saturated carbocycles. The summed E-state index contributed by atoms with van der Waals surface area (Å²) in [4.78, 5) is 1.04. The minimum absolute atomic E-state index is 0.200. The molecule has 2 aliphatic rings. The van der Waals surface area contributed by atoms with Crippen LogP contribution in [0.4, 0.5) is 4.39 Å². The quantitative estimate of drug-likeness (QED) is 0.816. The summed E-state index contributed by atoms with van der Waals surface area (Å²) in [6, 6.07) is 6.88. The van der Waals surface area contributed by atoms with Gasteiger partial charge >= 0.3 is 0 Å². The minimum Gasteiger partial charge on any atom is -0.384 e. The average molecular weight is 248 g/mol. The molecule has 1 aromatic carbocycles. The summed E-state index contributed by atoms with van der Waals surface area (Å²) in [5.74, 6) is 0.717. The third-order valence-corrected chi connectivity index (χ3v) is 5.65. The van der Waals surface area contributed by atoms with Crippen molar-refractivity contribution in [3.63, 3.8) is 0 Å². The molecule has 1 heterocycles. The van der Waals surface area contributed by atoms with Crippen LogP contribution in [-0.4, -0.2) is 5.11 Å². The summed E-state index contributed by atoms with van der Waals surface area (Å²) < 4.78 is 14.1. The summed E-state index contributed by atoms with van der Waals surface area (Å²) >= 11 is 1.55. The first-order chi connectivity index (χ1) is 8.19. The van der Waals surface area contributed by atoms with Gasteiger partial charge in [0, 0.05) is 9.58 Å². The fraction of sp³-hybridized carbons (Fsp3) is 0.429. The normalized spacial score (nSPS) is 35.2. The van der Waals surface area contributed by atoms with Gasteiger partial charge in [-0.15, -0.1) is 11.3 Å². The fourth-order valence-electron chi connectivity index (χ4n) is 3.49. The SMILES string of the molecule is OC1(c2cc3ccc(F)cc3s2)C2CCCC21. The summed E-state index contributed by atoms with van der Waals surface area (Å²) in [5.41, 5.74) is -0.585. The average Bonchev–Trinajstić information content (AvgIpc) is 2.79. The molecule has 0 aliphatic heterocycles. The highest BCUT2D eigenvalue weighted by Crippen LogP contribution is 2.67. The van der Waals surface area contributed by atoms with Crippen LogP contribution in [0.3, 0.4) is 0 Å². The smallest absolute Gasteiger partial charge is 0.124 e. The molecular weight excluding hydrogens is 235 g/mol. The van der Waals surface area contributed by atoms with E-state index in [0.717, 1.165) is 27.8 Å². The van der Waals surface area contributed by atoms with Crippen LogP contribution in [-0.2, 0) is 5.60 Å². The monoisotopic (exact) mass is 248 g/mol. The Balaban J connectivity index is 1.82. The van der Waals surface area contributed by atoms with Gasteiger partial charge < -0.3 is 5.11 Å². The van der Waals surface area contributed by atoms with E-state index >= 15 is 0 Å². The highest BCUT2D eigenvalue weighted by Gasteiger charge is 2.66. The number of thiophene rings is 1. The van der Waals surface area contributed by atoms with Crippen molar-refractivity contribution < 1.29 is 9.50 Å². The lowest BCUT2D eigenvalue weighted by Gasteiger charge is -2.11. The Hall–Kier alpha value is -0.930. The van der Waals surface area contributed by atoms with Crippen molar-refractivity contribution in [2.75, 3.05) is 0 Å². The van der Waals surface area contributed by atoms with Crippen molar-refractivity contribution in [1.29, 1.82) is 0 Å². The van der Waals surface area contributed by atoms with Crippen LogP contribution in [0.25, 0.3) is 10.1 Å². The number of aliphatic hydroxyl groups is 1. The molecule has 2 fully saturated rings. The highest BCUT2D eigenvalue weighted by atomic mass is 32.1. The van der Waals surface area contributed by atoms with Crippen LogP contribution in [0.1, 0.15) is 24.1 Å². The van der Waals surface area contributed by atoms with Crippen LogP contribution in [0.2, 0.25) is 0 Å². The molecule has 0 spiro atoms. The van der Waals surface area contributed by atoms with E-state index in [4.69, 9.17) is 0 Å². The number of fused-ring (bicyclic) bond motifs is 2. The number of rotatable bonds is 1. The molecule has 0 saturated heterocycles. The second-order valence-electron chi connectivity index (χ2n) is 5.26. The molecule has 17 heavy (non-hydrogen) atoms. The summed E-state index contributed by atoms with van der Waals surface area (Å²) in [6.07, 6.45) is 3.53. The number of benzene rings is 1. The van der Waals surface area contributed by atoms with Crippen molar-refractivity contribution in [3.05, 3.63) is 35.0 Å². The second-order valence-corrected chi connectivity index (χ2v) is 6.35. The third kappa shape index (κ3) is 1.21. The van der Waals surface area contributed by atoms with E-state index in [-0.39, 0.29) is 5.82 Å². The first-order valence-corrected chi connectivity index (χ1v) is 6.93. The van der Waals surface area contributed by atoms with Gasteiger partial charge in [-0.1, -0.05) is 12.5 Å². The Morgan fingerprint density at radius 3 is 2.76 bits per heavy atom. The van der Waals surface area contributed by atoms with Gasteiger partial charge in [-0.3, -0.25) is 0 Å². The molecule has 2 unspecified atom stereocenters. The maximum Gasteiger partial charge on any atom is 0.124 e. The van der Waals surface area contributed by atoms with Crippen LogP contribution >= 0.6 is 11.3 Å². The summed E-state index contributed by atoms with van der Waals surface area (Å²) in [5, 5.41) is 11.7. The van der Waals surface area contributed by atoms with Crippen molar-refractivity contribution >= 4 is 21.4 Å². The number of hydrogen-bond acceptors (Lipinski definition) is 2. The highest BCUT2D eigenvalue weighted by molar-refractivity contribution is 7.19. The minimum atomic E-state index is -0.585. The molecule has 0 amide bonds. The molecule has 0 radical (unpaired) electrons. The van der Waals surface area contributed by atoms with E-state index in [2.05, 4.69) is 0 Å². The molecule has 2 aliphatic carbocycles. The van der Waals surface area contributed by atoms with E-state index in [1.165, 1.54) is 12.5 Å². The van der Waals surface area contributed by atoms with E-state index in [1.807, 2.05) is 6.07 Å². The molecular formula is C14H13FOS. The van der Waals surface area contributed by atoms with Crippen molar-refractivity contribution in [1.82, 2.24) is 0 Å². The van der Waals surface area contributed by atoms with Crippen LogP contribution in [0.15, 0.2) is 24.3 Å². The number of hydrogen-bond donors (Lipinski definition) is 1. The molecule has 2 atom stereocenters. The molecule has 0 bridgehead atoms. The zero-order valence-corrected chi connectivity index (χ0v) is 10.1. The molecule has 4 rings (SSSR count). The van der Waals surface area contributed by atoms with Crippen molar-refractivity contribution in [2.24, 2.45) is 11.8 Å². The lowest BCUT2D eigenvalue weighted by Crippen LogP contribution is -2.10. The largest absolute Gasteiger partial charge is 0.384 e. The molecule has 1 aromatic heterocycles. The molecule has 88 valence electrons. The van der Waals surface area contributed by atoms with Crippen molar-refractivity contribution in [3.8, 4) is 0 Å². The first-order valence-electron chi connectivity index (χ1n) is 6.11. The maximum atomic E-state index is 13.1. The zero-order chi connectivity index (χ0) is 11.6. The summed E-state index contributed by atoms with van der Waals surface area (Å²) in [6.45, 7) is 0. The fourth-order valence-corrected chi connectivity index (χ4v) is 4.79. The number of halogens is 1. The zero-order valence-electron chi connectivity index (χ0n) is 9.32. The van der Waals surface area contributed by atoms with Gasteiger partial charge in [0.15, 0.2) is 0 Å². The molecule has 3 heteroatoms. The van der Waals surface area contributed by atoms with Gasteiger partial charge in [-0.25, -0.2) is 4.39 Å².